The van der Waals surface area contributed by atoms with Gasteiger partial charge in [0.1, 0.15) is 5.54 Å². The lowest BCUT2D eigenvalue weighted by Gasteiger charge is -2.26. The summed E-state index contributed by atoms with van der Waals surface area (Å²) in [6.45, 7) is 4.55. The van der Waals surface area contributed by atoms with Gasteiger partial charge in [-0.25, -0.2) is 0 Å². The van der Waals surface area contributed by atoms with Crippen LogP contribution in [-0.4, -0.2) is 29.3 Å². The molecule has 1 aliphatic carbocycles. The fourth-order valence-electron chi connectivity index (χ4n) is 2.23. The summed E-state index contributed by atoms with van der Waals surface area (Å²) in [7, 11) is 0. The first-order valence-corrected chi connectivity index (χ1v) is 5.60. The lowest BCUT2D eigenvalue weighted by Crippen LogP contribution is -2.51. The molecule has 0 aliphatic heterocycles. The standard InChI is InChI=1S/C11H21NO3/c1-8(2)15-7-5-9-4-3-6-11(9,12)10(13)14/h8-9H,3-7,12H2,1-2H3,(H,13,14). The third-order valence-electron chi connectivity index (χ3n) is 3.19. The molecular formula is C11H21NO3. The van der Waals surface area contributed by atoms with Crippen molar-refractivity contribution in [3.63, 3.8) is 0 Å². The van der Waals surface area contributed by atoms with Gasteiger partial charge in [-0.3, -0.25) is 4.79 Å². The van der Waals surface area contributed by atoms with Crippen LogP contribution in [0, 0.1) is 5.92 Å². The highest BCUT2D eigenvalue weighted by atomic mass is 16.5. The van der Waals surface area contributed by atoms with Gasteiger partial charge in [0.25, 0.3) is 0 Å². The summed E-state index contributed by atoms with van der Waals surface area (Å²) in [5, 5.41) is 9.09. The quantitative estimate of drug-likeness (QED) is 0.726. The van der Waals surface area contributed by atoms with E-state index in [4.69, 9.17) is 15.6 Å². The first-order valence-electron chi connectivity index (χ1n) is 5.60. The molecule has 2 unspecified atom stereocenters. The predicted molar refractivity (Wildman–Crippen MR) is 57.6 cm³/mol. The molecule has 4 nitrogen and oxygen atoms in total. The second-order valence-corrected chi connectivity index (χ2v) is 4.64. The Morgan fingerprint density at radius 1 is 1.67 bits per heavy atom. The third kappa shape index (κ3) is 2.92. The highest BCUT2D eigenvalue weighted by molar-refractivity contribution is 5.79. The molecule has 4 heteroatoms. The van der Waals surface area contributed by atoms with Gasteiger partial charge in [0.15, 0.2) is 0 Å². The van der Waals surface area contributed by atoms with E-state index in [1.54, 1.807) is 0 Å². The van der Waals surface area contributed by atoms with Gasteiger partial charge in [-0.05, 0) is 39.0 Å². The fraction of sp³-hybridized carbons (Fsp3) is 0.909. The number of rotatable bonds is 5. The zero-order valence-electron chi connectivity index (χ0n) is 9.53. The smallest absolute Gasteiger partial charge is 0.323 e. The molecule has 2 atom stereocenters. The molecule has 0 saturated heterocycles. The van der Waals surface area contributed by atoms with Gasteiger partial charge in [-0.2, -0.15) is 0 Å². The molecule has 0 amide bonds. The highest BCUT2D eigenvalue weighted by Gasteiger charge is 2.45. The van der Waals surface area contributed by atoms with E-state index in [1.807, 2.05) is 13.8 Å². The van der Waals surface area contributed by atoms with Gasteiger partial charge < -0.3 is 15.6 Å². The number of carboxylic acid groups (broad SMARTS) is 1. The molecular weight excluding hydrogens is 194 g/mol. The largest absolute Gasteiger partial charge is 0.480 e. The van der Waals surface area contributed by atoms with E-state index in [-0.39, 0.29) is 12.0 Å². The maximum Gasteiger partial charge on any atom is 0.323 e. The minimum atomic E-state index is -1.01. The number of hydrogen-bond acceptors (Lipinski definition) is 3. The average molecular weight is 215 g/mol. The maximum absolute atomic E-state index is 11.1. The summed E-state index contributed by atoms with van der Waals surface area (Å²) in [4.78, 5) is 11.1. The molecule has 1 aliphatic rings. The Kier molecular flexibility index (Phi) is 4.11. The van der Waals surface area contributed by atoms with E-state index in [0.29, 0.717) is 13.0 Å². The molecule has 0 bridgehead atoms. The Labute approximate surface area is 90.8 Å². The zero-order valence-corrected chi connectivity index (χ0v) is 9.53. The summed E-state index contributed by atoms with van der Waals surface area (Å²) in [5.74, 6) is -0.803. The zero-order chi connectivity index (χ0) is 11.5. The van der Waals surface area contributed by atoms with Crippen molar-refractivity contribution in [2.45, 2.75) is 51.2 Å². The van der Waals surface area contributed by atoms with Crippen LogP contribution in [0.25, 0.3) is 0 Å². The van der Waals surface area contributed by atoms with Crippen LogP contribution in [0.3, 0.4) is 0 Å². The van der Waals surface area contributed by atoms with E-state index < -0.39 is 11.5 Å². The first-order chi connectivity index (χ1) is 6.97. The molecule has 0 radical (unpaired) electrons. The molecule has 0 heterocycles. The summed E-state index contributed by atoms with van der Waals surface area (Å²) in [6.07, 6.45) is 3.36. The Balaban J connectivity index is 2.43. The second-order valence-electron chi connectivity index (χ2n) is 4.64. The minimum absolute atomic E-state index is 0.0637. The molecule has 1 rings (SSSR count). The van der Waals surface area contributed by atoms with Crippen molar-refractivity contribution in [1.29, 1.82) is 0 Å². The molecule has 0 aromatic heterocycles. The molecule has 0 spiro atoms. The average Bonchev–Trinajstić information content (AvgIpc) is 2.49. The Morgan fingerprint density at radius 2 is 2.33 bits per heavy atom. The van der Waals surface area contributed by atoms with Crippen LogP contribution < -0.4 is 5.73 Å². The lowest BCUT2D eigenvalue weighted by molar-refractivity contribution is -0.145. The van der Waals surface area contributed by atoms with Crippen LogP contribution in [0.1, 0.15) is 39.5 Å². The van der Waals surface area contributed by atoms with Crippen molar-refractivity contribution in [1.82, 2.24) is 0 Å². The molecule has 15 heavy (non-hydrogen) atoms. The Morgan fingerprint density at radius 3 is 2.87 bits per heavy atom. The van der Waals surface area contributed by atoms with E-state index in [9.17, 15) is 4.79 Å². The summed E-state index contributed by atoms with van der Waals surface area (Å²) in [6, 6.07) is 0. The summed E-state index contributed by atoms with van der Waals surface area (Å²) >= 11 is 0. The van der Waals surface area contributed by atoms with Gasteiger partial charge in [0.05, 0.1) is 6.10 Å². The number of hydrogen-bond donors (Lipinski definition) is 2. The monoisotopic (exact) mass is 215 g/mol. The first kappa shape index (κ1) is 12.5. The van der Waals surface area contributed by atoms with Crippen LogP contribution in [0.2, 0.25) is 0 Å². The molecule has 0 aromatic carbocycles. The lowest BCUT2D eigenvalue weighted by atomic mass is 9.86. The van der Waals surface area contributed by atoms with Crippen molar-refractivity contribution < 1.29 is 14.6 Å². The normalized spacial score (nSPS) is 31.1. The van der Waals surface area contributed by atoms with Crippen LogP contribution in [0.5, 0.6) is 0 Å². The molecule has 1 saturated carbocycles. The van der Waals surface area contributed by atoms with Crippen molar-refractivity contribution in [3.8, 4) is 0 Å². The number of nitrogens with two attached hydrogens (primary N) is 1. The summed E-state index contributed by atoms with van der Waals surface area (Å²) < 4.78 is 5.43. The van der Waals surface area contributed by atoms with E-state index >= 15 is 0 Å². The summed E-state index contributed by atoms with van der Waals surface area (Å²) in [5.41, 5.74) is 4.89. The van der Waals surface area contributed by atoms with Crippen molar-refractivity contribution in [3.05, 3.63) is 0 Å². The topological polar surface area (TPSA) is 72.5 Å². The molecule has 1 fully saturated rings. The van der Waals surface area contributed by atoms with Crippen LogP contribution >= 0.6 is 0 Å². The van der Waals surface area contributed by atoms with Crippen molar-refractivity contribution in [2.24, 2.45) is 11.7 Å². The number of carboxylic acids is 1. The highest BCUT2D eigenvalue weighted by Crippen LogP contribution is 2.36. The Bertz CT molecular complexity index is 230. The fourth-order valence-corrected chi connectivity index (χ4v) is 2.23. The number of aliphatic carboxylic acids is 1. The predicted octanol–water partition coefficient (Wildman–Crippen LogP) is 1.38. The van der Waals surface area contributed by atoms with Gasteiger partial charge in [-0.1, -0.05) is 6.42 Å². The van der Waals surface area contributed by atoms with Crippen molar-refractivity contribution >= 4 is 5.97 Å². The van der Waals surface area contributed by atoms with Gasteiger partial charge in [-0.15, -0.1) is 0 Å². The minimum Gasteiger partial charge on any atom is -0.480 e. The number of carbonyl (C=O) groups is 1. The Hall–Kier alpha value is -0.610. The van der Waals surface area contributed by atoms with Crippen molar-refractivity contribution in [2.75, 3.05) is 6.61 Å². The van der Waals surface area contributed by atoms with E-state index in [1.165, 1.54) is 0 Å². The molecule has 0 aromatic rings. The van der Waals surface area contributed by atoms with Gasteiger partial charge >= 0.3 is 5.97 Å². The van der Waals surface area contributed by atoms with Gasteiger partial charge in [0.2, 0.25) is 0 Å². The van der Waals surface area contributed by atoms with Gasteiger partial charge in [0, 0.05) is 6.61 Å². The maximum atomic E-state index is 11.1. The van der Waals surface area contributed by atoms with E-state index in [0.717, 1.165) is 19.3 Å². The van der Waals surface area contributed by atoms with Crippen LogP contribution in [0.4, 0.5) is 0 Å². The molecule has 3 N–H and O–H groups in total. The molecule has 88 valence electrons. The van der Waals surface area contributed by atoms with Crippen LogP contribution in [-0.2, 0) is 9.53 Å². The number of ether oxygens (including phenoxy) is 1. The van der Waals surface area contributed by atoms with E-state index in [2.05, 4.69) is 0 Å². The van der Waals surface area contributed by atoms with Crippen LogP contribution in [0.15, 0.2) is 0 Å². The third-order valence-corrected chi connectivity index (χ3v) is 3.19. The SMILES string of the molecule is CC(C)OCCC1CCCC1(N)C(=O)O. The second kappa shape index (κ2) is 4.94.